The molecule has 83 heavy (non-hydrogen) atoms. The number of carbonyl (C=O) groups excluding carboxylic acids is 2. The number of hydrogen-bond acceptors (Lipinski definition) is 14. The third-order valence-corrected chi connectivity index (χ3v) is 17.7. The summed E-state index contributed by atoms with van der Waals surface area (Å²) in [7, 11) is -3.55. The molecule has 2 aliphatic rings. The fraction of sp³-hybridized carbons (Fsp3) is 0.276. The smallest absolute Gasteiger partial charge is 0.248 e. The number of halogens is 4. The average Bonchev–Trinajstić information content (AvgIpc) is 4.34. The van der Waals surface area contributed by atoms with Crippen molar-refractivity contribution in [3.8, 4) is 22.5 Å². The van der Waals surface area contributed by atoms with Gasteiger partial charge in [0.05, 0.1) is 43.6 Å². The van der Waals surface area contributed by atoms with Crippen LogP contribution in [0.3, 0.4) is 0 Å². The van der Waals surface area contributed by atoms with Crippen LogP contribution >= 0.6 is 50.7 Å². The minimum absolute atomic E-state index is 0.0124. The van der Waals surface area contributed by atoms with E-state index in [1.165, 1.54) is 36.4 Å². The van der Waals surface area contributed by atoms with Gasteiger partial charge in [-0.25, -0.2) is 46.2 Å². The van der Waals surface area contributed by atoms with Crippen LogP contribution in [-0.2, 0) is 29.6 Å². The molecule has 2 saturated carbocycles. The van der Waals surface area contributed by atoms with Gasteiger partial charge in [-0.15, -0.1) is 0 Å². The molecule has 25 heteroatoms. The number of anilines is 4. The van der Waals surface area contributed by atoms with E-state index in [4.69, 9.17) is 45.5 Å². The molecule has 8 aromatic rings. The Morgan fingerprint density at radius 3 is 1.57 bits per heavy atom. The zero-order chi connectivity index (χ0) is 59.1. The predicted molar refractivity (Wildman–Crippen MR) is 336 cm³/mol. The molecule has 2 fully saturated rings. The van der Waals surface area contributed by atoms with Gasteiger partial charge in [0.1, 0.15) is 0 Å². The first-order valence-electron chi connectivity index (χ1n) is 26.6. The summed E-state index contributed by atoms with van der Waals surface area (Å²) >= 11 is 20.9. The number of aromatic amines is 2. The molecule has 0 unspecified atom stereocenters. The van der Waals surface area contributed by atoms with Gasteiger partial charge in [-0.1, -0.05) is 87.7 Å². The number of rotatable bonds is 18. The lowest BCUT2D eigenvalue weighted by Gasteiger charge is -2.30. The molecule has 0 radical (unpaired) electrons. The molecule has 10 rings (SSSR count). The van der Waals surface area contributed by atoms with Crippen molar-refractivity contribution in [2.75, 3.05) is 47.7 Å². The summed E-state index contributed by atoms with van der Waals surface area (Å²) in [6.45, 7) is 0.645. The van der Waals surface area contributed by atoms with Crippen LogP contribution in [0.5, 0.6) is 0 Å². The summed E-state index contributed by atoms with van der Waals surface area (Å²) in [5.41, 5.74) is 11.8. The summed E-state index contributed by atoms with van der Waals surface area (Å²) in [6.07, 6.45) is 19.3. The number of aromatic nitrogens is 6. The molecule has 4 aromatic heterocycles. The number of alkyl halides is 1. The van der Waals surface area contributed by atoms with Gasteiger partial charge in [0, 0.05) is 98.8 Å². The Balaban J connectivity index is 0.000000198. The number of carbonyl (C=O) groups is 2. The predicted octanol–water partition coefficient (Wildman–Crippen LogP) is 11.3. The van der Waals surface area contributed by atoms with Crippen LogP contribution in [0.1, 0.15) is 51.4 Å². The number of nitrogens with one attached hydrogen (secondary N) is 7. The molecular weight excluding hydrogens is 1230 g/mol. The van der Waals surface area contributed by atoms with Crippen molar-refractivity contribution in [2.45, 2.75) is 85.3 Å². The summed E-state index contributed by atoms with van der Waals surface area (Å²) in [4.78, 5) is 48.9. The minimum Gasteiger partial charge on any atom is -0.399 e. The molecule has 1 amide bonds. The van der Waals surface area contributed by atoms with Crippen molar-refractivity contribution in [3.63, 3.8) is 0 Å². The first-order chi connectivity index (χ1) is 39.8. The highest BCUT2D eigenvalue weighted by Crippen LogP contribution is 2.35. The van der Waals surface area contributed by atoms with Crippen molar-refractivity contribution in [1.29, 1.82) is 0 Å². The van der Waals surface area contributed by atoms with Crippen LogP contribution in [0, 0.1) is 0 Å². The van der Waals surface area contributed by atoms with Gasteiger partial charge in [-0.05, 0) is 144 Å². The van der Waals surface area contributed by atoms with E-state index in [1.54, 1.807) is 48.8 Å². The Kier molecular flexibility index (Phi) is 21.9. The zero-order valence-corrected chi connectivity index (χ0v) is 50.8. The third kappa shape index (κ3) is 17.7. The molecule has 0 aliphatic heterocycles. The van der Waals surface area contributed by atoms with Gasteiger partial charge in [0.15, 0.2) is 0 Å². The van der Waals surface area contributed by atoms with Crippen LogP contribution in [0.15, 0.2) is 156 Å². The lowest BCUT2D eigenvalue weighted by atomic mass is 9.92. The molecule has 4 atom stereocenters. The number of para-hydroxylation sites is 2. The first kappa shape index (κ1) is 62.3. The van der Waals surface area contributed by atoms with Crippen LogP contribution in [-0.4, -0.2) is 113 Å². The number of benzene rings is 4. The third-order valence-electron chi connectivity index (χ3n) is 13.5. The van der Waals surface area contributed by atoms with E-state index in [0.717, 1.165) is 71.5 Å². The van der Waals surface area contributed by atoms with Gasteiger partial charge < -0.3 is 36.6 Å². The maximum Gasteiger partial charge on any atom is 0.248 e. The van der Waals surface area contributed by atoms with Gasteiger partial charge >= 0.3 is 0 Å². The number of amides is 1. The van der Waals surface area contributed by atoms with Crippen LogP contribution in [0.4, 0.5) is 23.3 Å². The van der Waals surface area contributed by atoms with Crippen molar-refractivity contribution >= 4 is 127 Å². The van der Waals surface area contributed by atoms with Gasteiger partial charge in [-0.2, -0.15) is 0 Å². The lowest BCUT2D eigenvalue weighted by Crippen LogP contribution is -2.41. The van der Waals surface area contributed by atoms with Crippen LogP contribution in [0.25, 0.3) is 44.3 Å². The number of sulfonamides is 2. The Morgan fingerprint density at radius 1 is 0.663 bits per heavy atom. The highest BCUT2D eigenvalue weighted by Gasteiger charge is 2.29. The summed E-state index contributed by atoms with van der Waals surface area (Å²) in [5, 5.41) is 12.7. The molecule has 19 nitrogen and oxygen atoms in total. The second-order valence-corrected chi connectivity index (χ2v) is 25.3. The molecule has 0 bridgehead atoms. The number of hydrogen-bond donors (Lipinski definition) is 8. The van der Waals surface area contributed by atoms with Gasteiger partial charge in [0.25, 0.3) is 0 Å². The van der Waals surface area contributed by atoms with E-state index in [1.807, 2.05) is 79.9 Å². The molecule has 0 spiro atoms. The molecule has 9 N–H and O–H groups in total. The van der Waals surface area contributed by atoms with Crippen molar-refractivity contribution in [1.82, 2.24) is 44.2 Å². The number of nitrogens with two attached hydrogens (primary N) is 1. The standard InChI is InChI=1S/C30H34ClN7O3S.C24H25ClN6O2S.C4H4BrClO/c1-38(2)16-6-11-28(39)34-20-12-14-23(15-13-20)42(40,41)37-22-8-5-7-21(17-22)35-30-33-19-26(31)29(36-30)25-18-32-27-10-4-3-9-24(25)27;25-21-14-28-24(30-23(21)20-13-27-22-7-2-1-6-19(20)22)29-16-4-3-5-17(12-16)31-34(32,33)18-10-8-15(26)9-11-18;5-3-1-2-4(6)7/h3-4,6,9-15,18-19,21-22,32,37H,5,7-8,16-17H2,1-2H3,(H,34,39)(H,33,35,36);1-2,6-11,13-14,16-17,27,31H,3-5,12,26H2,(H,28,29,30);1-2H,3H2/b11-6+;;2-1+/t21-,22+;16-,17+;/m11./s1. The highest BCUT2D eigenvalue weighted by atomic mass is 79.9. The summed E-state index contributed by atoms with van der Waals surface area (Å²) in [5.74, 6) is 0.642. The molecule has 4 aromatic carbocycles. The second kappa shape index (κ2) is 29.2. The SMILES string of the molecule is CN(C)C/C=C/C(=O)Nc1ccc(S(=O)(=O)N[C@H]2CCC[C@@H](Nc3ncc(Cl)c(-c4c[nH]c5ccccc45)n3)C2)cc1.Nc1ccc(S(=O)(=O)N[C@H]2CCC[C@@H](Nc3ncc(Cl)c(-c4c[nH]c5ccccc45)n3)C2)cc1.O=C(Cl)/C=C/CBr. The topological polar surface area (TPSA) is 275 Å². The number of likely N-dealkylation sites (N-methyl/N-ethyl adjacent to an activating group) is 1. The van der Waals surface area contributed by atoms with Crippen molar-refractivity contribution in [3.05, 3.63) is 156 Å². The molecule has 4 heterocycles. The number of nitrogen functional groups attached to an aromatic ring is 1. The molecular formula is C58H63BrCl3N13O6S2. The van der Waals surface area contributed by atoms with Gasteiger partial charge in [-0.3, -0.25) is 9.59 Å². The summed E-state index contributed by atoms with van der Waals surface area (Å²) < 4.78 is 57.5. The largest absolute Gasteiger partial charge is 0.399 e. The molecule has 436 valence electrons. The van der Waals surface area contributed by atoms with E-state index in [2.05, 4.69) is 66.2 Å². The normalized spacial score (nSPS) is 17.4. The quantitative estimate of drug-likeness (QED) is 0.0172. The zero-order valence-electron chi connectivity index (χ0n) is 45.3. The average molecular weight is 1290 g/mol. The maximum atomic E-state index is 13.1. The monoisotopic (exact) mass is 1290 g/mol. The Hall–Kier alpha value is -6.73. The number of nitrogens with zero attached hydrogens (tertiary/aromatic N) is 5. The van der Waals surface area contributed by atoms with Gasteiger partial charge in [0.2, 0.25) is 43.1 Å². The van der Waals surface area contributed by atoms with E-state index in [-0.39, 0.29) is 39.9 Å². The Labute approximate surface area is 505 Å². The van der Waals surface area contributed by atoms with E-state index in [0.29, 0.717) is 69.4 Å². The van der Waals surface area contributed by atoms with Crippen LogP contribution in [0.2, 0.25) is 10.0 Å². The van der Waals surface area contributed by atoms with E-state index >= 15 is 0 Å². The minimum atomic E-state index is -3.75. The van der Waals surface area contributed by atoms with E-state index in [9.17, 15) is 26.4 Å². The summed E-state index contributed by atoms with van der Waals surface area (Å²) in [6, 6.07) is 27.9. The number of allylic oxidation sites excluding steroid dienone is 2. The van der Waals surface area contributed by atoms with Crippen molar-refractivity contribution in [2.24, 2.45) is 0 Å². The first-order valence-corrected chi connectivity index (χ1v) is 31.8. The fourth-order valence-corrected chi connectivity index (χ4v) is 12.9. The maximum absolute atomic E-state index is 13.1. The second-order valence-electron chi connectivity index (χ2n) is 20.0. The van der Waals surface area contributed by atoms with E-state index < -0.39 is 25.3 Å². The molecule has 0 saturated heterocycles. The lowest BCUT2D eigenvalue weighted by molar-refractivity contribution is -0.112. The fourth-order valence-electron chi connectivity index (χ4n) is 9.64. The van der Waals surface area contributed by atoms with Crippen molar-refractivity contribution < 1.29 is 26.4 Å². The molecule has 2 aliphatic carbocycles. The Morgan fingerprint density at radius 2 is 1.12 bits per heavy atom. The van der Waals surface area contributed by atoms with Crippen LogP contribution < -0.4 is 31.1 Å². The number of fused-ring (bicyclic) bond motifs is 2. The number of H-pyrrole nitrogens is 2. The Bertz CT molecular complexity index is 3810. The highest BCUT2D eigenvalue weighted by molar-refractivity contribution is 9.09.